The number of nitrogens with zero attached hydrogens (tertiary/aromatic N) is 2. The number of aliphatic hydroxyl groups excluding tert-OH is 1. The second-order valence-electron chi connectivity index (χ2n) is 9.50. The summed E-state index contributed by atoms with van der Waals surface area (Å²) in [4.78, 5) is 17.9. The molecule has 0 saturated heterocycles. The largest absolute Gasteiger partial charge is 0.409 e. The van der Waals surface area contributed by atoms with Crippen LogP contribution >= 0.6 is 23.5 Å². The Hall–Kier alpha value is -3.36. The average molecular weight is 552 g/mol. The number of aryl methyl sites for hydroxylation is 1. The molecular formula is C32H29N3O2S2. The van der Waals surface area contributed by atoms with Crippen LogP contribution < -0.4 is 10.3 Å². The molecule has 1 atom stereocenters. The van der Waals surface area contributed by atoms with E-state index < -0.39 is 6.10 Å². The summed E-state index contributed by atoms with van der Waals surface area (Å²) in [6.07, 6.45) is 5.50. The summed E-state index contributed by atoms with van der Waals surface area (Å²) in [7, 11) is 0. The number of thioether (sulfide) groups is 2. The number of rotatable bonds is 9. The van der Waals surface area contributed by atoms with Gasteiger partial charge in [0.2, 0.25) is 0 Å². The minimum absolute atomic E-state index is 0.459. The standard InChI is InChI=1S/C32H29N3O2S2/c1-3-33-37-24-12-6-22(7-13-24)9-19-30-35-26-15-16-27-31-25(14-17-28(39-30)32(26)31)34-29(38-27)18-8-21-4-10-23(11-5-21)20(2)36/h4-8,10-18,20,33,36H,3,9,19H2,1-2H3/b18-8+. The van der Waals surface area contributed by atoms with Crippen molar-refractivity contribution in [2.24, 2.45) is 9.98 Å². The lowest BCUT2D eigenvalue weighted by molar-refractivity contribution is 0.199. The van der Waals surface area contributed by atoms with Crippen LogP contribution in [0.25, 0.3) is 16.8 Å². The van der Waals surface area contributed by atoms with Gasteiger partial charge in [-0.3, -0.25) is 0 Å². The predicted molar refractivity (Wildman–Crippen MR) is 165 cm³/mol. The Labute approximate surface area is 237 Å². The molecule has 7 heteroatoms. The van der Waals surface area contributed by atoms with Crippen molar-refractivity contribution in [1.82, 2.24) is 5.48 Å². The topological polar surface area (TPSA) is 66.2 Å². The number of aliphatic hydroxyl groups is 1. The molecule has 4 aromatic rings. The fraction of sp³-hybridized carbons (Fsp3) is 0.188. The number of hydroxylamine groups is 1. The highest BCUT2D eigenvalue weighted by molar-refractivity contribution is 8.15. The maximum atomic E-state index is 9.74. The van der Waals surface area contributed by atoms with Gasteiger partial charge < -0.3 is 9.94 Å². The Morgan fingerprint density at radius 1 is 0.821 bits per heavy atom. The van der Waals surface area contributed by atoms with E-state index in [2.05, 4.69) is 54.0 Å². The lowest BCUT2D eigenvalue weighted by atomic mass is 10.1. The molecule has 0 aliphatic carbocycles. The van der Waals surface area contributed by atoms with Gasteiger partial charge in [-0.05, 0) is 79.4 Å². The van der Waals surface area contributed by atoms with Crippen molar-refractivity contribution in [3.63, 3.8) is 0 Å². The molecule has 0 amide bonds. The molecule has 0 aromatic heterocycles. The van der Waals surface area contributed by atoms with Crippen molar-refractivity contribution in [3.05, 3.63) is 95.6 Å². The third-order valence-corrected chi connectivity index (χ3v) is 8.77. The van der Waals surface area contributed by atoms with Crippen LogP contribution in [-0.4, -0.2) is 21.7 Å². The summed E-state index contributed by atoms with van der Waals surface area (Å²) in [6, 6.07) is 24.8. The van der Waals surface area contributed by atoms with Crippen LogP contribution in [0.15, 0.2) is 98.6 Å². The van der Waals surface area contributed by atoms with Gasteiger partial charge in [0.25, 0.3) is 0 Å². The summed E-state index contributed by atoms with van der Waals surface area (Å²) in [5.74, 6) is 0.823. The van der Waals surface area contributed by atoms with Crippen LogP contribution in [0, 0.1) is 0 Å². The van der Waals surface area contributed by atoms with Gasteiger partial charge in [0.15, 0.2) is 0 Å². The van der Waals surface area contributed by atoms with Crippen LogP contribution in [-0.2, 0) is 6.42 Å². The maximum Gasteiger partial charge on any atom is 0.147 e. The van der Waals surface area contributed by atoms with Gasteiger partial charge in [0.1, 0.15) is 10.8 Å². The van der Waals surface area contributed by atoms with Crippen molar-refractivity contribution < 1.29 is 9.94 Å². The van der Waals surface area contributed by atoms with Gasteiger partial charge in [-0.1, -0.05) is 66.0 Å². The second kappa shape index (κ2) is 11.4. The third kappa shape index (κ3) is 5.68. The van der Waals surface area contributed by atoms with Crippen LogP contribution in [0.3, 0.4) is 0 Å². The Kier molecular flexibility index (Phi) is 7.57. The Balaban J connectivity index is 1.20. The summed E-state index contributed by atoms with van der Waals surface area (Å²) in [5, 5.41) is 14.2. The number of aliphatic imine (C=N–C) groups is 2. The van der Waals surface area contributed by atoms with Gasteiger partial charge >= 0.3 is 0 Å². The SMILES string of the molecule is CCNOc1ccc(CCC2=Nc3ccc4c5c(ccc(c35)S2)N=C(/C=C/c2ccc(C(C)O)cc2)S4)cc1. The Morgan fingerprint density at radius 3 is 2.21 bits per heavy atom. The second-order valence-corrected chi connectivity index (χ2v) is 11.7. The van der Waals surface area contributed by atoms with E-state index in [1.54, 1.807) is 30.4 Å². The fourth-order valence-corrected chi connectivity index (χ4v) is 6.65. The van der Waals surface area contributed by atoms with Crippen molar-refractivity contribution in [3.8, 4) is 5.75 Å². The van der Waals surface area contributed by atoms with Crippen molar-refractivity contribution in [1.29, 1.82) is 0 Å². The molecule has 2 aliphatic heterocycles. The average Bonchev–Trinajstić information content (AvgIpc) is 2.97. The van der Waals surface area contributed by atoms with Gasteiger partial charge in [0, 0.05) is 33.5 Å². The van der Waals surface area contributed by atoms with E-state index in [4.69, 9.17) is 14.8 Å². The molecule has 5 nitrogen and oxygen atoms in total. The highest BCUT2D eigenvalue weighted by atomic mass is 32.2. The van der Waals surface area contributed by atoms with Crippen LogP contribution in [0.2, 0.25) is 0 Å². The molecule has 2 heterocycles. The lowest BCUT2D eigenvalue weighted by Gasteiger charge is -2.21. The highest BCUT2D eigenvalue weighted by Crippen LogP contribution is 2.50. The van der Waals surface area contributed by atoms with Crippen LogP contribution in [0.1, 0.15) is 43.1 Å². The maximum absolute atomic E-state index is 9.74. The minimum Gasteiger partial charge on any atom is -0.409 e. The summed E-state index contributed by atoms with van der Waals surface area (Å²) in [6.45, 7) is 4.55. The quantitative estimate of drug-likeness (QED) is 0.204. The zero-order valence-corrected chi connectivity index (χ0v) is 23.5. The molecular weight excluding hydrogens is 523 g/mol. The van der Waals surface area contributed by atoms with E-state index >= 15 is 0 Å². The van der Waals surface area contributed by atoms with Gasteiger partial charge in [0.05, 0.1) is 22.5 Å². The number of nitrogens with one attached hydrogen (secondary N) is 1. The van der Waals surface area contributed by atoms with E-state index in [1.165, 1.54) is 26.1 Å². The normalized spacial score (nSPS) is 14.8. The molecule has 0 bridgehead atoms. The first-order valence-electron chi connectivity index (χ1n) is 13.1. The number of benzene rings is 4. The highest BCUT2D eigenvalue weighted by Gasteiger charge is 2.23. The van der Waals surface area contributed by atoms with Gasteiger partial charge in [-0.25, -0.2) is 9.98 Å². The molecule has 0 radical (unpaired) electrons. The lowest BCUT2D eigenvalue weighted by Crippen LogP contribution is -2.17. The Bertz CT molecular complexity index is 1610. The molecule has 196 valence electrons. The summed E-state index contributed by atoms with van der Waals surface area (Å²) in [5.41, 5.74) is 8.16. The number of hydrogen-bond donors (Lipinski definition) is 2. The number of hydrogen-bond acceptors (Lipinski definition) is 7. The summed E-state index contributed by atoms with van der Waals surface area (Å²) < 4.78 is 0. The van der Waals surface area contributed by atoms with E-state index in [0.717, 1.165) is 57.7 Å². The zero-order chi connectivity index (χ0) is 26.8. The molecule has 6 rings (SSSR count). The first-order chi connectivity index (χ1) is 19.1. The molecule has 0 spiro atoms. The smallest absolute Gasteiger partial charge is 0.147 e. The van der Waals surface area contributed by atoms with E-state index in [9.17, 15) is 5.11 Å². The molecule has 1 unspecified atom stereocenters. The molecule has 0 saturated carbocycles. The molecule has 39 heavy (non-hydrogen) atoms. The van der Waals surface area contributed by atoms with E-state index in [1.807, 2.05) is 43.3 Å². The zero-order valence-electron chi connectivity index (χ0n) is 21.8. The third-order valence-electron chi connectivity index (χ3n) is 6.68. The van der Waals surface area contributed by atoms with Crippen LogP contribution in [0.4, 0.5) is 11.4 Å². The van der Waals surface area contributed by atoms with Crippen LogP contribution in [0.5, 0.6) is 5.75 Å². The first-order valence-corrected chi connectivity index (χ1v) is 14.8. The minimum atomic E-state index is -0.459. The van der Waals surface area contributed by atoms with Crippen molar-refractivity contribution in [2.75, 3.05) is 6.54 Å². The molecule has 2 N–H and O–H groups in total. The predicted octanol–water partition coefficient (Wildman–Crippen LogP) is 8.41. The van der Waals surface area contributed by atoms with E-state index in [-0.39, 0.29) is 0 Å². The summed E-state index contributed by atoms with van der Waals surface area (Å²) >= 11 is 3.47. The van der Waals surface area contributed by atoms with Gasteiger partial charge in [-0.2, -0.15) is 5.48 Å². The Morgan fingerprint density at radius 2 is 1.51 bits per heavy atom. The van der Waals surface area contributed by atoms with Crippen molar-refractivity contribution >= 4 is 61.8 Å². The molecule has 0 fully saturated rings. The van der Waals surface area contributed by atoms with Gasteiger partial charge in [-0.15, -0.1) is 0 Å². The van der Waals surface area contributed by atoms with Crippen molar-refractivity contribution in [2.45, 2.75) is 42.6 Å². The van der Waals surface area contributed by atoms with E-state index in [0.29, 0.717) is 0 Å². The molecule has 2 aliphatic rings. The monoisotopic (exact) mass is 551 g/mol. The molecule has 4 aromatic carbocycles. The fourth-order valence-electron chi connectivity index (χ4n) is 4.65. The first kappa shape index (κ1) is 25.9.